The molecule has 0 aliphatic rings. The Hall–Kier alpha value is -2.29. The largest absolute Gasteiger partial charge is 0.497 e. The molecule has 0 unspecified atom stereocenters. The van der Waals surface area contributed by atoms with Crippen LogP contribution in [0.2, 0.25) is 0 Å². The molecule has 3 nitrogen and oxygen atoms in total. The van der Waals surface area contributed by atoms with E-state index in [1.807, 2.05) is 24.1 Å². The predicted octanol–water partition coefficient (Wildman–Crippen LogP) is 3.63. The maximum Gasteiger partial charge on any atom is 0.182 e. The van der Waals surface area contributed by atoms with Crippen LogP contribution in [-0.4, -0.2) is 26.5 Å². The van der Waals surface area contributed by atoms with Gasteiger partial charge in [0, 0.05) is 18.3 Å². The molecule has 3 heteroatoms. The van der Waals surface area contributed by atoms with E-state index in [2.05, 4.69) is 32.0 Å². The molecular weight excluding hydrogens is 262 g/mol. The number of carbonyl (C=O) groups is 1. The second-order valence-corrected chi connectivity index (χ2v) is 5.30. The van der Waals surface area contributed by atoms with Gasteiger partial charge < -0.3 is 9.64 Å². The summed E-state index contributed by atoms with van der Waals surface area (Å²) in [7, 11) is 3.56. The lowest BCUT2D eigenvalue weighted by Crippen LogP contribution is -2.26. The summed E-state index contributed by atoms with van der Waals surface area (Å²) >= 11 is 0. The molecule has 0 N–H and O–H groups in total. The minimum absolute atomic E-state index is 0.0973. The fraction of sp³-hybridized carbons (Fsp3) is 0.278. The normalized spacial score (nSPS) is 10.3. The summed E-state index contributed by atoms with van der Waals surface area (Å²) in [6.07, 6.45) is 0. The lowest BCUT2D eigenvalue weighted by molar-refractivity contribution is 0.100. The number of rotatable bonds is 5. The third-order valence-corrected chi connectivity index (χ3v) is 3.56. The van der Waals surface area contributed by atoms with Crippen molar-refractivity contribution in [2.45, 2.75) is 13.8 Å². The number of nitrogens with zero attached hydrogens (tertiary/aromatic N) is 1. The van der Waals surface area contributed by atoms with E-state index >= 15 is 0 Å². The highest BCUT2D eigenvalue weighted by atomic mass is 16.5. The topological polar surface area (TPSA) is 29.5 Å². The fourth-order valence-corrected chi connectivity index (χ4v) is 2.40. The van der Waals surface area contributed by atoms with E-state index in [4.69, 9.17) is 4.74 Å². The Morgan fingerprint density at radius 2 is 1.76 bits per heavy atom. The number of hydrogen-bond donors (Lipinski definition) is 0. The van der Waals surface area contributed by atoms with Gasteiger partial charge in [0.15, 0.2) is 5.78 Å². The van der Waals surface area contributed by atoms with Gasteiger partial charge in [0.05, 0.1) is 13.7 Å². The molecule has 0 saturated carbocycles. The first-order chi connectivity index (χ1) is 10.0. The summed E-state index contributed by atoms with van der Waals surface area (Å²) in [5, 5.41) is 0. The molecule has 0 atom stereocenters. The van der Waals surface area contributed by atoms with Gasteiger partial charge in [0.2, 0.25) is 0 Å². The van der Waals surface area contributed by atoms with Crippen molar-refractivity contribution in [1.29, 1.82) is 0 Å². The highest BCUT2D eigenvalue weighted by molar-refractivity contribution is 5.99. The molecule has 0 aromatic heterocycles. The van der Waals surface area contributed by atoms with Crippen molar-refractivity contribution >= 4 is 11.5 Å². The summed E-state index contributed by atoms with van der Waals surface area (Å²) in [5.41, 5.74) is 4.20. The molecule has 0 radical (unpaired) electrons. The third kappa shape index (κ3) is 3.63. The van der Waals surface area contributed by atoms with E-state index < -0.39 is 0 Å². The number of benzene rings is 2. The van der Waals surface area contributed by atoms with Crippen molar-refractivity contribution in [3.05, 3.63) is 59.2 Å². The maximum absolute atomic E-state index is 12.3. The van der Waals surface area contributed by atoms with E-state index in [9.17, 15) is 4.79 Å². The third-order valence-electron chi connectivity index (χ3n) is 3.56. The van der Waals surface area contributed by atoms with Crippen LogP contribution in [-0.2, 0) is 0 Å². The van der Waals surface area contributed by atoms with Gasteiger partial charge >= 0.3 is 0 Å². The van der Waals surface area contributed by atoms with Crippen LogP contribution in [0.5, 0.6) is 5.75 Å². The molecule has 0 aliphatic carbocycles. The highest BCUT2D eigenvalue weighted by Gasteiger charge is 2.11. The van der Waals surface area contributed by atoms with Gasteiger partial charge in [-0.25, -0.2) is 0 Å². The summed E-state index contributed by atoms with van der Waals surface area (Å²) in [6.45, 7) is 4.49. The Morgan fingerprint density at radius 3 is 2.33 bits per heavy atom. The number of ketones is 1. The zero-order valence-corrected chi connectivity index (χ0v) is 13.0. The molecule has 2 aromatic carbocycles. The molecule has 0 bridgehead atoms. The van der Waals surface area contributed by atoms with Gasteiger partial charge in [-0.15, -0.1) is 0 Å². The first-order valence-corrected chi connectivity index (χ1v) is 6.97. The van der Waals surface area contributed by atoms with Gasteiger partial charge in [0.25, 0.3) is 0 Å². The molecule has 0 saturated heterocycles. The van der Waals surface area contributed by atoms with Gasteiger partial charge in [-0.2, -0.15) is 0 Å². The molecule has 0 fully saturated rings. The number of likely N-dealkylation sites (N-methyl/N-ethyl adjacent to an activating group) is 1. The average Bonchev–Trinajstić information content (AvgIpc) is 2.47. The lowest BCUT2D eigenvalue weighted by atomic mass is 10.1. The second-order valence-electron chi connectivity index (χ2n) is 5.30. The zero-order chi connectivity index (χ0) is 15.4. The van der Waals surface area contributed by atoms with Crippen LogP contribution in [0.3, 0.4) is 0 Å². The Kier molecular flexibility index (Phi) is 4.63. The monoisotopic (exact) mass is 283 g/mol. The van der Waals surface area contributed by atoms with Gasteiger partial charge in [-0.05, 0) is 49.7 Å². The van der Waals surface area contributed by atoms with Crippen LogP contribution in [0.25, 0.3) is 0 Å². The maximum atomic E-state index is 12.3. The van der Waals surface area contributed by atoms with E-state index in [1.165, 1.54) is 11.1 Å². The first kappa shape index (κ1) is 15.1. The van der Waals surface area contributed by atoms with Gasteiger partial charge in [-0.1, -0.05) is 17.7 Å². The van der Waals surface area contributed by atoms with Crippen molar-refractivity contribution in [2.24, 2.45) is 0 Å². The van der Waals surface area contributed by atoms with Crippen molar-refractivity contribution in [3.8, 4) is 5.75 Å². The number of Topliss-reactive ketones (excluding diaryl/α,β-unsaturated/α-hetero) is 1. The summed E-state index contributed by atoms with van der Waals surface area (Å²) in [4.78, 5) is 14.3. The smallest absolute Gasteiger partial charge is 0.182 e. The van der Waals surface area contributed by atoms with Crippen LogP contribution < -0.4 is 9.64 Å². The predicted molar refractivity (Wildman–Crippen MR) is 86.5 cm³/mol. The fourth-order valence-electron chi connectivity index (χ4n) is 2.40. The van der Waals surface area contributed by atoms with Crippen LogP contribution in [0, 0.1) is 13.8 Å². The van der Waals surface area contributed by atoms with Crippen molar-refractivity contribution < 1.29 is 9.53 Å². The summed E-state index contributed by atoms with van der Waals surface area (Å²) in [5.74, 6) is 0.856. The quantitative estimate of drug-likeness (QED) is 0.785. The Bertz CT molecular complexity index is 632. The summed E-state index contributed by atoms with van der Waals surface area (Å²) in [6, 6.07) is 13.5. The van der Waals surface area contributed by atoms with Gasteiger partial charge in [0.1, 0.15) is 5.75 Å². The molecule has 0 amide bonds. The summed E-state index contributed by atoms with van der Waals surface area (Å²) < 4.78 is 5.10. The van der Waals surface area contributed by atoms with E-state index in [-0.39, 0.29) is 5.78 Å². The number of anilines is 1. The van der Waals surface area contributed by atoms with E-state index in [0.29, 0.717) is 12.1 Å². The molecule has 2 rings (SSSR count). The number of methoxy groups -OCH3 is 1. The van der Waals surface area contributed by atoms with Crippen molar-refractivity contribution in [1.82, 2.24) is 0 Å². The van der Waals surface area contributed by atoms with Crippen LogP contribution >= 0.6 is 0 Å². The van der Waals surface area contributed by atoms with Crippen molar-refractivity contribution in [2.75, 3.05) is 25.6 Å². The zero-order valence-electron chi connectivity index (χ0n) is 13.0. The minimum Gasteiger partial charge on any atom is -0.497 e. The molecular formula is C18H21NO2. The first-order valence-electron chi connectivity index (χ1n) is 6.97. The molecule has 2 aromatic rings. The van der Waals surface area contributed by atoms with Gasteiger partial charge in [-0.3, -0.25) is 4.79 Å². The average molecular weight is 283 g/mol. The Labute approximate surface area is 126 Å². The molecule has 0 spiro atoms. The van der Waals surface area contributed by atoms with Crippen LogP contribution in [0.15, 0.2) is 42.5 Å². The Balaban J connectivity index is 2.10. The second kappa shape index (κ2) is 6.44. The van der Waals surface area contributed by atoms with Crippen LogP contribution in [0.1, 0.15) is 21.5 Å². The highest BCUT2D eigenvalue weighted by Crippen LogP contribution is 2.20. The van der Waals surface area contributed by atoms with E-state index in [0.717, 1.165) is 11.4 Å². The number of hydrogen-bond acceptors (Lipinski definition) is 3. The molecule has 21 heavy (non-hydrogen) atoms. The standard InChI is InChI=1S/C18H21NO2/c1-13-5-10-17(14(2)11-13)19(3)12-18(20)15-6-8-16(21-4)9-7-15/h5-11H,12H2,1-4H3. The Morgan fingerprint density at radius 1 is 1.10 bits per heavy atom. The van der Waals surface area contributed by atoms with Crippen LogP contribution in [0.4, 0.5) is 5.69 Å². The number of aryl methyl sites for hydroxylation is 2. The molecule has 0 heterocycles. The molecule has 110 valence electrons. The minimum atomic E-state index is 0.0973. The number of ether oxygens (including phenoxy) is 1. The molecule has 0 aliphatic heterocycles. The lowest BCUT2D eigenvalue weighted by Gasteiger charge is -2.21. The van der Waals surface area contributed by atoms with Crippen molar-refractivity contribution in [3.63, 3.8) is 0 Å². The van der Waals surface area contributed by atoms with E-state index in [1.54, 1.807) is 19.2 Å². The number of carbonyl (C=O) groups excluding carboxylic acids is 1. The SMILES string of the molecule is COc1ccc(C(=O)CN(C)c2ccc(C)cc2C)cc1.